The Balaban J connectivity index is 2.57. The van der Waals surface area contributed by atoms with Crippen molar-refractivity contribution in [1.82, 2.24) is 4.90 Å². The molecular formula is C16H23NO5. The molecule has 22 heavy (non-hydrogen) atoms. The van der Waals surface area contributed by atoms with E-state index in [4.69, 9.17) is 9.47 Å². The standard InChI is InChI=1S/C16H23NO5/c1-4-10-17(11-9-16(19)21-3)15(18)12-22-14-8-6-5-7-13(14)20-2/h5-8H,4,9-12H2,1-3H3. The van der Waals surface area contributed by atoms with Crippen molar-refractivity contribution in [3.05, 3.63) is 24.3 Å². The second-order valence-corrected chi connectivity index (χ2v) is 4.65. The number of ether oxygens (including phenoxy) is 3. The van der Waals surface area contributed by atoms with Crippen LogP contribution in [0.4, 0.5) is 0 Å². The third kappa shape index (κ3) is 5.63. The number of hydrogen-bond acceptors (Lipinski definition) is 5. The molecule has 0 aliphatic rings. The van der Waals surface area contributed by atoms with Crippen LogP contribution >= 0.6 is 0 Å². The van der Waals surface area contributed by atoms with Gasteiger partial charge in [-0.05, 0) is 18.6 Å². The van der Waals surface area contributed by atoms with E-state index in [2.05, 4.69) is 4.74 Å². The molecule has 0 saturated carbocycles. The summed E-state index contributed by atoms with van der Waals surface area (Å²) in [5.74, 6) is 0.589. The topological polar surface area (TPSA) is 65.1 Å². The van der Waals surface area contributed by atoms with E-state index in [0.717, 1.165) is 6.42 Å². The van der Waals surface area contributed by atoms with E-state index in [1.807, 2.05) is 19.1 Å². The van der Waals surface area contributed by atoms with Crippen LogP contribution in [0.3, 0.4) is 0 Å². The summed E-state index contributed by atoms with van der Waals surface area (Å²) in [6.45, 7) is 2.78. The van der Waals surface area contributed by atoms with Crippen LogP contribution in [-0.4, -0.2) is 50.7 Å². The molecule has 0 N–H and O–H groups in total. The van der Waals surface area contributed by atoms with Crippen LogP contribution in [-0.2, 0) is 14.3 Å². The number of hydrogen-bond donors (Lipinski definition) is 0. The zero-order valence-corrected chi connectivity index (χ0v) is 13.3. The minimum absolute atomic E-state index is 0.0957. The van der Waals surface area contributed by atoms with Gasteiger partial charge in [-0.3, -0.25) is 9.59 Å². The normalized spacial score (nSPS) is 9.95. The smallest absolute Gasteiger partial charge is 0.307 e. The molecule has 0 heterocycles. The second kappa shape index (κ2) is 9.65. The maximum atomic E-state index is 12.2. The first-order chi connectivity index (χ1) is 10.6. The highest BCUT2D eigenvalue weighted by Crippen LogP contribution is 2.25. The zero-order chi connectivity index (χ0) is 16.4. The highest BCUT2D eigenvalue weighted by Gasteiger charge is 2.16. The molecule has 6 heteroatoms. The van der Waals surface area contributed by atoms with Crippen molar-refractivity contribution in [2.45, 2.75) is 19.8 Å². The molecule has 0 unspecified atom stereocenters. The van der Waals surface area contributed by atoms with Crippen molar-refractivity contribution in [2.24, 2.45) is 0 Å². The first-order valence-corrected chi connectivity index (χ1v) is 7.22. The average Bonchev–Trinajstić information content (AvgIpc) is 2.56. The maximum absolute atomic E-state index is 12.2. The highest BCUT2D eigenvalue weighted by molar-refractivity contribution is 5.78. The number of amides is 1. The molecule has 0 aliphatic carbocycles. The summed E-state index contributed by atoms with van der Waals surface area (Å²) < 4.78 is 15.3. The summed E-state index contributed by atoms with van der Waals surface area (Å²) in [5, 5.41) is 0. The molecular weight excluding hydrogens is 286 g/mol. The molecule has 6 nitrogen and oxygen atoms in total. The van der Waals surface area contributed by atoms with Crippen molar-refractivity contribution in [2.75, 3.05) is 33.9 Å². The van der Waals surface area contributed by atoms with Gasteiger partial charge in [0.1, 0.15) is 0 Å². The Kier molecular flexibility index (Phi) is 7.81. The lowest BCUT2D eigenvalue weighted by Gasteiger charge is -2.22. The Hall–Kier alpha value is -2.24. The Morgan fingerprint density at radius 3 is 2.36 bits per heavy atom. The number of methoxy groups -OCH3 is 2. The fourth-order valence-corrected chi connectivity index (χ4v) is 1.93. The van der Waals surface area contributed by atoms with Crippen LogP contribution in [0.5, 0.6) is 11.5 Å². The van der Waals surface area contributed by atoms with Crippen LogP contribution in [0.25, 0.3) is 0 Å². The molecule has 1 aromatic rings. The van der Waals surface area contributed by atoms with E-state index in [-0.39, 0.29) is 24.9 Å². The lowest BCUT2D eigenvalue weighted by molar-refractivity contribution is -0.142. The third-order valence-corrected chi connectivity index (χ3v) is 3.08. The van der Waals surface area contributed by atoms with Gasteiger partial charge in [0.25, 0.3) is 5.91 Å². The maximum Gasteiger partial charge on any atom is 0.307 e. The molecule has 0 radical (unpaired) electrons. The molecule has 122 valence electrons. The van der Waals surface area contributed by atoms with E-state index < -0.39 is 0 Å². The van der Waals surface area contributed by atoms with Gasteiger partial charge in [0.05, 0.1) is 20.6 Å². The number of esters is 1. The Morgan fingerprint density at radius 1 is 1.09 bits per heavy atom. The average molecular weight is 309 g/mol. The van der Waals surface area contributed by atoms with Crippen LogP contribution in [0.1, 0.15) is 19.8 Å². The van der Waals surface area contributed by atoms with Gasteiger partial charge >= 0.3 is 5.97 Å². The SMILES string of the molecule is CCCN(CCC(=O)OC)C(=O)COc1ccccc1OC. The van der Waals surface area contributed by atoms with Gasteiger partial charge in [-0.1, -0.05) is 19.1 Å². The minimum Gasteiger partial charge on any atom is -0.493 e. The Labute approximate surface area is 131 Å². The van der Waals surface area contributed by atoms with Crippen LogP contribution in [0, 0.1) is 0 Å². The predicted molar refractivity (Wildman–Crippen MR) is 82.0 cm³/mol. The van der Waals surface area contributed by atoms with Gasteiger partial charge in [-0.25, -0.2) is 0 Å². The number of benzene rings is 1. The Bertz CT molecular complexity index is 489. The van der Waals surface area contributed by atoms with E-state index in [1.54, 1.807) is 24.1 Å². The van der Waals surface area contributed by atoms with E-state index >= 15 is 0 Å². The highest BCUT2D eigenvalue weighted by atomic mass is 16.5. The van der Waals surface area contributed by atoms with Gasteiger partial charge in [0, 0.05) is 13.1 Å². The fourth-order valence-electron chi connectivity index (χ4n) is 1.93. The molecule has 1 amide bonds. The molecule has 0 spiro atoms. The van der Waals surface area contributed by atoms with Crippen molar-refractivity contribution in [1.29, 1.82) is 0 Å². The monoisotopic (exact) mass is 309 g/mol. The first-order valence-electron chi connectivity index (χ1n) is 7.22. The quantitative estimate of drug-likeness (QED) is 0.652. The molecule has 0 bridgehead atoms. The summed E-state index contributed by atoms with van der Waals surface area (Å²) in [7, 11) is 2.88. The summed E-state index contributed by atoms with van der Waals surface area (Å²) in [4.78, 5) is 25.0. The third-order valence-electron chi connectivity index (χ3n) is 3.08. The molecule has 0 fully saturated rings. The predicted octanol–water partition coefficient (Wildman–Crippen LogP) is 1.88. The lowest BCUT2D eigenvalue weighted by atomic mass is 10.3. The zero-order valence-electron chi connectivity index (χ0n) is 13.3. The summed E-state index contributed by atoms with van der Waals surface area (Å²) in [5.41, 5.74) is 0. The summed E-state index contributed by atoms with van der Waals surface area (Å²) in [6.07, 6.45) is 0.985. The number of rotatable bonds is 9. The molecule has 0 saturated heterocycles. The van der Waals surface area contributed by atoms with E-state index in [1.165, 1.54) is 7.11 Å². The summed E-state index contributed by atoms with van der Waals surface area (Å²) in [6, 6.07) is 7.14. The Morgan fingerprint density at radius 2 is 1.77 bits per heavy atom. The molecule has 0 aromatic heterocycles. The number of carbonyl (C=O) groups excluding carboxylic acids is 2. The fraction of sp³-hybridized carbons (Fsp3) is 0.500. The van der Waals surface area contributed by atoms with Crippen molar-refractivity contribution >= 4 is 11.9 Å². The first kappa shape index (κ1) is 17.8. The van der Waals surface area contributed by atoms with Crippen LogP contribution < -0.4 is 9.47 Å². The second-order valence-electron chi connectivity index (χ2n) is 4.65. The van der Waals surface area contributed by atoms with Crippen molar-refractivity contribution in [3.8, 4) is 11.5 Å². The van der Waals surface area contributed by atoms with Gasteiger partial charge in [0.2, 0.25) is 0 Å². The largest absolute Gasteiger partial charge is 0.493 e. The molecule has 1 aromatic carbocycles. The molecule has 0 aliphatic heterocycles. The number of para-hydroxylation sites is 2. The van der Waals surface area contributed by atoms with Gasteiger partial charge < -0.3 is 19.1 Å². The summed E-state index contributed by atoms with van der Waals surface area (Å²) >= 11 is 0. The van der Waals surface area contributed by atoms with Gasteiger partial charge in [0.15, 0.2) is 18.1 Å². The van der Waals surface area contributed by atoms with Crippen LogP contribution in [0.15, 0.2) is 24.3 Å². The van der Waals surface area contributed by atoms with Crippen molar-refractivity contribution < 1.29 is 23.8 Å². The number of nitrogens with zero attached hydrogens (tertiary/aromatic N) is 1. The van der Waals surface area contributed by atoms with Crippen LogP contribution in [0.2, 0.25) is 0 Å². The molecule has 0 atom stereocenters. The van der Waals surface area contributed by atoms with Crippen molar-refractivity contribution in [3.63, 3.8) is 0 Å². The molecule has 1 rings (SSSR count). The van der Waals surface area contributed by atoms with Gasteiger partial charge in [-0.2, -0.15) is 0 Å². The number of carbonyl (C=O) groups is 2. The van der Waals surface area contributed by atoms with Gasteiger partial charge in [-0.15, -0.1) is 0 Å². The lowest BCUT2D eigenvalue weighted by Crippen LogP contribution is -2.37. The minimum atomic E-state index is -0.334. The van der Waals surface area contributed by atoms with E-state index in [0.29, 0.717) is 24.6 Å². The van der Waals surface area contributed by atoms with E-state index in [9.17, 15) is 9.59 Å².